The van der Waals surface area contributed by atoms with Crippen molar-refractivity contribution in [1.82, 2.24) is 15.3 Å². The Bertz CT molecular complexity index is 777. The molecule has 0 saturated heterocycles. The van der Waals surface area contributed by atoms with Gasteiger partial charge in [0.1, 0.15) is 5.75 Å². The molecular formula is C16H20N4OS. The Morgan fingerprint density at radius 1 is 1.41 bits per heavy atom. The maximum Gasteiger partial charge on any atom is 0.180 e. The molecule has 5 nitrogen and oxygen atoms in total. The molecule has 3 rings (SSSR count). The third-order valence-electron chi connectivity index (χ3n) is 3.61. The molecule has 0 amide bonds. The van der Waals surface area contributed by atoms with Crippen LogP contribution in [-0.4, -0.2) is 21.1 Å². The van der Waals surface area contributed by atoms with Gasteiger partial charge in [0.15, 0.2) is 5.13 Å². The van der Waals surface area contributed by atoms with E-state index in [1.54, 1.807) is 12.1 Å². The Kier molecular flexibility index (Phi) is 4.04. The van der Waals surface area contributed by atoms with Gasteiger partial charge in [0, 0.05) is 28.5 Å². The van der Waals surface area contributed by atoms with E-state index in [1.807, 2.05) is 17.6 Å². The molecule has 0 radical (unpaired) electrons. The van der Waals surface area contributed by atoms with Crippen molar-refractivity contribution in [2.45, 2.75) is 32.4 Å². The van der Waals surface area contributed by atoms with Crippen LogP contribution in [0.15, 0.2) is 29.8 Å². The Morgan fingerprint density at radius 2 is 2.23 bits per heavy atom. The Labute approximate surface area is 133 Å². The van der Waals surface area contributed by atoms with Crippen molar-refractivity contribution >= 4 is 27.4 Å². The molecule has 2 aromatic heterocycles. The average Bonchev–Trinajstić information content (AvgIpc) is 3.04. The fourth-order valence-corrected chi connectivity index (χ4v) is 3.28. The number of anilines is 1. The Hall–Kier alpha value is -2.05. The zero-order valence-electron chi connectivity index (χ0n) is 12.6. The van der Waals surface area contributed by atoms with E-state index in [9.17, 15) is 5.11 Å². The number of thiazole rings is 1. The van der Waals surface area contributed by atoms with Crippen molar-refractivity contribution in [3.05, 3.63) is 41.0 Å². The van der Waals surface area contributed by atoms with Crippen LogP contribution >= 0.6 is 11.3 Å². The summed E-state index contributed by atoms with van der Waals surface area (Å²) in [5, 5.41) is 16.9. The third kappa shape index (κ3) is 3.08. The first-order chi connectivity index (χ1) is 10.5. The number of benzene rings is 1. The third-order valence-corrected chi connectivity index (χ3v) is 4.30. The van der Waals surface area contributed by atoms with E-state index in [1.165, 1.54) is 11.3 Å². The standard InChI is InChI=1S/C16H20N4OS/c1-9(2)19-14(15-8-22-16(17)20-15)5-10-7-18-13-4-3-11(21)6-12(10)13/h3-4,6-9,14,18-19,21H,5H2,1-2H3,(H2,17,20)/t14-/m0/s1. The molecule has 116 valence electrons. The quantitative estimate of drug-likeness (QED) is 0.582. The summed E-state index contributed by atoms with van der Waals surface area (Å²) in [5.74, 6) is 0.277. The zero-order valence-corrected chi connectivity index (χ0v) is 13.4. The maximum atomic E-state index is 9.72. The lowest BCUT2D eigenvalue weighted by atomic mass is 10.0. The number of nitrogens with two attached hydrogens (primary N) is 1. The Balaban J connectivity index is 1.93. The van der Waals surface area contributed by atoms with Crippen molar-refractivity contribution < 1.29 is 5.11 Å². The van der Waals surface area contributed by atoms with E-state index in [2.05, 4.69) is 29.1 Å². The first kappa shape index (κ1) is 14.9. The second-order valence-electron chi connectivity index (χ2n) is 5.73. The molecule has 0 aliphatic carbocycles. The number of aromatic hydroxyl groups is 1. The highest BCUT2D eigenvalue weighted by Crippen LogP contribution is 2.28. The predicted molar refractivity (Wildman–Crippen MR) is 91.2 cm³/mol. The summed E-state index contributed by atoms with van der Waals surface area (Å²) in [5.41, 5.74) is 8.91. The van der Waals surface area contributed by atoms with Gasteiger partial charge in [-0.05, 0) is 30.2 Å². The average molecular weight is 316 g/mol. The highest BCUT2D eigenvalue weighted by atomic mass is 32.1. The van der Waals surface area contributed by atoms with E-state index in [0.717, 1.165) is 28.6 Å². The van der Waals surface area contributed by atoms with Crippen LogP contribution in [0.3, 0.4) is 0 Å². The van der Waals surface area contributed by atoms with Gasteiger partial charge in [0.2, 0.25) is 0 Å². The number of phenolic OH excluding ortho intramolecular Hbond substituents is 1. The van der Waals surface area contributed by atoms with Gasteiger partial charge < -0.3 is 21.1 Å². The lowest BCUT2D eigenvalue weighted by molar-refractivity contribution is 0.468. The zero-order chi connectivity index (χ0) is 15.7. The number of H-pyrrole nitrogens is 1. The van der Waals surface area contributed by atoms with Crippen molar-refractivity contribution in [1.29, 1.82) is 0 Å². The van der Waals surface area contributed by atoms with Crippen LogP contribution in [0.5, 0.6) is 5.75 Å². The number of hydrogen-bond donors (Lipinski definition) is 4. The molecule has 0 aliphatic heterocycles. The molecule has 0 saturated carbocycles. The van der Waals surface area contributed by atoms with Gasteiger partial charge in [-0.2, -0.15) is 0 Å². The van der Waals surface area contributed by atoms with E-state index in [-0.39, 0.29) is 11.8 Å². The fraction of sp³-hybridized carbons (Fsp3) is 0.312. The lowest BCUT2D eigenvalue weighted by Crippen LogP contribution is -2.29. The molecule has 22 heavy (non-hydrogen) atoms. The molecule has 0 aliphatic rings. The second kappa shape index (κ2) is 5.98. The van der Waals surface area contributed by atoms with Crippen LogP contribution in [0.2, 0.25) is 0 Å². The molecule has 1 aromatic carbocycles. The number of rotatable bonds is 5. The number of fused-ring (bicyclic) bond motifs is 1. The van der Waals surface area contributed by atoms with Gasteiger partial charge in [0.05, 0.1) is 11.7 Å². The summed E-state index contributed by atoms with van der Waals surface area (Å²) in [6.07, 6.45) is 2.78. The number of nitrogens with one attached hydrogen (secondary N) is 2. The summed E-state index contributed by atoms with van der Waals surface area (Å²) < 4.78 is 0. The molecular weight excluding hydrogens is 296 g/mol. The first-order valence-corrected chi connectivity index (χ1v) is 8.17. The molecule has 0 unspecified atom stereocenters. The van der Waals surface area contributed by atoms with Crippen LogP contribution in [-0.2, 0) is 6.42 Å². The van der Waals surface area contributed by atoms with Crippen LogP contribution in [0.25, 0.3) is 10.9 Å². The largest absolute Gasteiger partial charge is 0.508 e. The monoisotopic (exact) mass is 316 g/mol. The number of nitrogens with zero attached hydrogens (tertiary/aromatic N) is 1. The molecule has 0 spiro atoms. The number of phenols is 1. The minimum absolute atomic E-state index is 0.0925. The topological polar surface area (TPSA) is 87.0 Å². The smallest absolute Gasteiger partial charge is 0.180 e. The van der Waals surface area contributed by atoms with Gasteiger partial charge in [-0.15, -0.1) is 11.3 Å². The predicted octanol–water partition coefficient (Wildman–Crippen LogP) is 3.19. The SMILES string of the molecule is CC(C)N[C@@H](Cc1c[nH]c2ccc(O)cc12)c1csc(N)n1. The summed E-state index contributed by atoms with van der Waals surface area (Å²) in [6, 6.07) is 5.80. The summed E-state index contributed by atoms with van der Waals surface area (Å²) in [6.45, 7) is 4.23. The van der Waals surface area contributed by atoms with Crippen LogP contribution in [0.1, 0.15) is 31.1 Å². The second-order valence-corrected chi connectivity index (χ2v) is 6.62. The van der Waals surface area contributed by atoms with Gasteiger partial charge in [-0.3, -0.25) is 0 Å². The van der Waals surface area contributed by atoms with Gasteiger partial charge in [-0.25, -0.2) is 4.98 Å². The van der Waals surface area contributed by atoms with Crippen LogP contribution in [0, 0.1) is 0 Å². The van der Waals surface area contributed by atoms with Crippen molar-refractivity contribution in [2.24, 2.45) is 0 Å². The van der Waals surface area contributed by atoms with Gasteiger partial charge >= 0.3 is 0 Å². The van der Waals surface area contributed by atoms with Crippen LogP contribution in [0.4, 0.5) is 5.13 Å². The van der Waals surface area contributed by atoms with Crippen molar-refractivity contribution in [3.63, 3.8) is 0 Å². The molecule has 1 atom stereocenters. The molecule has 2 heterocycles. The minimum atomic E-state index is 0.0925. The molecule has 3 aromatic rings. The normalized spacial score (nSPS) is 13.0. The molecule has 0 bridgehead atoms. The maximum absolute atomic E-state index is 9.72. The number of aromatic nitrogens is 2. The molecule has 5 N–H and O–H groups in total. The van der Waals surface area contributed by atoms with Crippen molar-refractivity contribution in [2.75, 3.05) is 5.73 Å². The molecule has 6 heteroatoms. The van der Waals surface area contributed by atoms with E-state index in [0.29, 0.717) is 11.2 Å². The van der Waals surface area contributed by atoms with E-state index >= 15 is 0 Å². The highest BCUT2D eigenvalue weighted by molar-refractivity contribution is 7.13. The van der Waals surface area contributed by atoms with E-state index < -0.39 is 0 Å². The molecule has 0 fully saturated rings. The number of hydrogen-bond acceptors (Lipinski definition) is 5. The summed E-state index contributed by atoms with van der Waals surface area (Å²) in [7, 11) is 0. The Morgan fingerprint density at radius 3 is 2.91 bits per heavy atom. The van der Waals surface area contributed by atoms with Gasteiger partial charge in [0.25, 0.3) is 0 Å². The number of nitrogen functional groups attached to an aromatic ring is 1. The lowest BCUT2D eigenvalue weighted by Gasteiger charge is -2.19. The summed E-state index contributed by atoms with van der Waals surface area (Å²) >= 11 is 1.46. The first-order valence-electron chi connectivity index (χ1n) is 7.29. The van der Waals surface area contributed by atoms with Crippen molar-refractivity contribution in [3.8, 4) is 5.75 Å². The minimum Gasteiger partial charge on any atom is -0.508 e. The van der Waals surface area contributed by atoms with E-state index in [4.69, 9.17) is 5.73 Å². The van der Waals surface area contributed by atoms with Crippen LogP contribution < -0.4 is 11.1 Å². The highest BCUT2D eigenvalue weighted by Gasteiger charge is 2.18. The number of aromatic amines is 1. The summed E-state index contributed by atoms with van der Waals surface area (Å²) in [4.78, 5) is 7.67. The fourth-order valence-electron chi connectivity index (χ4n) is 2.67. The van der Waals surface area contributed by atoms with Gasteiger partial charge in [-0.1, -0.05) is 13.8 Å².